The van der Waals surface area contributed by atoms with Gasteiger partial charge in [0.1, 0.15) is 12.0 Å². The van der Waals surface area contributed by atoms with E-state index in [0.717, 1.165) is 0 Å². The number of esters is 1. The second kappa shape index (κ2) is 4.61. The zero-order valence-corrected chi connectivity index (χ0v) is 11.6. The van der Waals surface area contributed by atoms with Gasteiger partial charge in [0.2, 0.25) is 0 Å². The zero-order chi connectivity index (χ0) is 13.5. The Morgan fingerprint density at radius 2 is 1.94 bits per heavy atom. The van der Waals surface area contributed by atoms with E-state index in [9.17, 15) is 9.59 Å². The zero-order valence-electron chi connectivity index (χ0n) is 10.8. The van der Waals surface area contributed by atoms with E-state index in [2.05, 4.69) is 19.1 Å². The molecule has 18 heavy (non-hydrogen) atoms. The summed E-state index contributed by atoms with van der Waals surface area (Å²) in [5, 5.41) is 9.46. The van der Waals surface area contributed by atoms with Crippen LogP contribution in [0, 0.1) is 11.8 Å². The maximum absolute atomic E-state index is 11.5. The van der Waals surface area contributed by atoms with Crippen molar-refractivity contribution < 1.29 is 19.4 Å². The first-order valence-electron chi connectivity index (χ1n) is 6.08. The maximum Gasteiger partial charge on any atom is 0.317 e. The molecule has 0 aromatic rings. The van der Waals surface area contributed by atoms with Crippen molar-refractivity contribution >= 4 is 23.7 Å². The largest absolute Gasteiger partial charge is 0.481 e. The lowest BCUT2D eigenvalue weighted by atomic mass is 9.75. The molecule has 2 aliphatic heterocycles. The summed E-state index contributed by atoms with van der Waals surface area (Å²) in [6.45, 7) is 5.92. The summed E-state index contributed by atoms with van der Waals surface area (Å²) in [4.78, 5) is 22.0. The van der Waals surface area contributed by atoms with E-state index >= 15 is 0 Å². The molecule has 2 aliphatic rings. The third-order valence-electron chi connectivity index (χ3n) is 3.72. The first-order valence-corrected chi connectivity index (χ1v) is 7.03. The van der Waals surface area contributed by atoms with Gasteiger partial charge >= 0.3 is 11.9 Å². The van der Waals surface area contributed by atoms with Crippen LogP contribution in [0.25, 0.3) is 0 Å². The van der Waals surface area contributed by atoms with E-state index in [4.69, 9.17) is 9.84 Å². The van der Waals surface area contributed by atoms with Crippen molar-refractivity contribution in [1.29, 1.82) is 0 Å². The predicted molar refractivity (Wildman–Crippen MR) is 69.4 cm³/mol. The van der Waals surface area contributed by atoms with Crippen LogP contribution in [0.3, 0.4) is 0 Å². The molecule has 5 heteroatoms. The van der Waals surface area contributed by atoms with Crippen LogP contribution in [-0.2, 0) is 14.3 Å². The van der Waals surface area contributed by atoms with Gasteiger partial charge in [-0.2, -0.15) is 0 Å². The van der Waals surface area contributed by atoms with Gasteiger partial charge in [0.15, 0.2) is 0 Å². The second-order valence-corrected chi connectivity index (χ2v) is 6.84. The monoisotopic (exact) mass is 270 g/mol. The molecule has 2 rings (SSSR count). The number of fused-ring (bicyclic) bond motifs is 2. The lowest BCUT2D eigenvalue weighted by Crippen LogP contribution is -2.44. The van der Waals surface area contributed by atoms with Crippen LogP contribution in [0.4, 0.5) is 0 Å². The highest BCUT2D eigenvalue weighted by atomic mass is 32.2. The van der Waals surface area contributed by atoms with Gasteiger partial charge < -0.3 is 9.84 Å². The molecule has 1 N–H and O–H groups in total. The summed E-state index contributed by atoms with van der Waals surface area (Å²) < 4.78 is 5.39. The van der Waals surface area contributed by atoms with Gasteiger partial charge in [-0.25, -0.2) is 0 Å². The molecule has 0 radical (unpaired) electrons. The minimum absolute atomic E-state index is 0.246. The predicted octanol–water partition coefficient (Wildman–Crippen LogP) is 2.09. The van der Waals surface area contributed by atoms with E-state index < -0.39 is 24.0 Å². The lowest BCUT2D eigenvalue weighted by Gasteiger charge is -2.37. The van der Waals surface area contributed by atoms with Crippen molar-refractivity contribution in [2.45, 2.75) is 43.3 Å². The van der Waals surface area contributed by atoms with Crippen LogP contribution in [0.1, 0.15) is 27.2 Å². The molecule has 0 aromatic carbocycles. The van der Waals surface area contributed by atoms with Crippen molar-refractivity contribution in [3.05, 3.63) is 12.2 Å². The van der Waals surface area contributed by atoms with Gasteiger partial charge in [-0.3, -0.25) is 9.59 Å². The first-order chi connectivity index (χ1) is 8.31. The summed E-state index contributed by atoms with van der Waals surface area (Å²) in [6, 6.07) is 0. The number of aliphatic carboxylic acids is 1. The van der Waals surface area contributed by atoms with Gasteiger partial charge in [0.25, 0.3) is 0 Å². The van der Waals surface area contributed by atoms with Gasteiger partial charge in [-0.1, -0.05) is 19.1 Å². The molecule has 0 saturated carbocycles. The quantitative estimate of drug-likeness (QED) is 0.481. The van der Waals surface area contributed by atoms with Crippen LogP contribution in [0.2, 0.25) is 0 Å². The molecule has 2 bridgehead atoms. The molecule has 1 fully saturated rings. The Morgan fingerprint density at radius 1 is 1.33 bits per heavy atom. The molecule has 0 aliphatic carbocycles. The number of carboxylic acid groups (broad SMARTS) is 1. The topological polar surface area (TPSA) is 63.6 Å². The van der Waals surface area contributed by atoms with Gasteiger partial charge in [0.05, 0.1) is 0 Å². The SMILES string of the molecule is CC1C2C=CC(S2)C1C(C)(C)OC(=O)CC(=O)O. The highest BCUT2D eigenvalue weighted by Gasteiger charge is 2.51. The Kier molecular flexibility index (Phi) is 3.45. The van der Waals surface area contributed by atoms with E-state index in [1.54, 1.807) is 0 Å². The average molecular weight is 270 g/mol. The molecule has 4 unspecified atom stereocenters. The van der Waals surface area contributed by atoms with Gasteiger partial charge in [0, 0.05) is 16.4 Å². The van der Waals surface area contributed by atoms with E-state index in [-0.39, 0.29) is 5.92 Å². The molecule has 4 nitrogen and oxygen atoms in total. The minimum Gasteiger partial charge on any atom is -0.481 e. The number of hydrogen-bond donors (Lipinski definition) is 1. The third kappa shape index (κ3) is 2.41. The number of carbonyl (C=O) groups is 2. The summed E-state index contributed by atoms with van der Waals surface area (Å²) in [5.41, 5.74) is -0.622. The molecule has 0 aromatic heterocycles. The van der Waals surface area contributed by atoms with Gasteiger partial charge in [-0.15, -0.1) is 11.8 Å². The van der Waals surface area contributed by atoms with E-state index in [1.165, 1.54) is 0 Å². The molecule has 0 amide bonds. The maximum atomic E-state index is 11.5. The molecular weight excluding hydrogens is 252 g/mol. The Morgan fingerprint density at radius 3 is 2.44 bits per heavy atom. The van der Waals surface area contributed by atoms with Crippen molar-refractivity contribution in [2.24, 2.45) is 11.8 Å². The molecule has 2 heterocycles. The Labute approximate surface area is 111 Å². The number of thioether (sulfide) groups is 1. The fraction of sp³-hybridized carbons (Fsp3) is 0.692. The van der Waals surface area contributed by atoms with E-state index in [1.807, 2.05) is 25.6 Å². The number of rotatable bonds is 4. The second-order valence-electron chi connectivity index (χ2n) is 5.48. The normalized spacial score (nSPS) is 33.7. The molecule has 0 spiro atoms. The fourth-order valence-electron chi connectivity index (χ4n) is 3.05. The molecule has 100 valence electrons. The summed E-state index contributed by atoms with van der Waals surface area (Å²) >= 11 is 1.90. The van der Waals surface area contributed by atoms with Crippen LogP contribution in [0.15, 0.2) is 12.2 Å². The fourth-order valence-corrected chi connectivity index (χ4v) is 4.94. The first kappa shape index (κ1) is 13.5. The average Bonchev–Trinajstić information content (AvgIpc) is 2.73. The Balaban J connectivity index is 2.05. The number of ether oxygens (including phenoxy) is 1. The van der Waals surface area contributed by atoms with Crippen molar-refractivity contribution in [3.63, 3.8) is 0 Å². The number of carboxylic acids is 1. The highest BCUT2D eigenvalue weighted by Crippen LogP contribution is 2.53. The van der Waals surface area contributed by atoms with Gasteiger partial charge in [-0.05, 0) is 19.8 Å². The van der Waals surface area contributed by atoms with Crippen LogP contribution >= 0.6 is 11.8 Å². The Hall–Kier alpha value is -0.970. The summed E-state index contributed by atoms with van der Waals surface area (Å²) in [6.07, 6.45) is 3.82. The van der Waals surface area contributed by atoms with Crippen molar-refractivity contribution in [2.75, 3.05) is 0 Å². The summed E-state index contributed by atoms with van der Waals surface area (Å²) in [5.74, 6) is -1.12. The smallest absolute Gasteiger partial charge is 0.317 e. The standard InChI is InChI=1S/C13H18O4S/c1-7-8-4-5-9(18-8)12(7)13(2,3)17-11(16)6-10(14)15/h4-5,7-9,12H,6H2,1-3H3,(H,14,15). The number of carbonyl (C=O) groups excluding carboxylic acids is 1. The van der Waals surface area contributed by atoms with Crippen molar-refractivity contribution in [1.82, 2.24) is 0 Å². The van der Waals surface area contributed by atoms with Crippen LogP contribution in [0.5, 0.6) is 0 Å². The highest BCUT2D eigenvalue weighted by molar-refractivity contribution is 8.01. The minimum atomic E-state index is -1.15. The summed E-state index contributed by atoms with van der Waals surface area (Å²) in [7, 11) is 0. The van der Waals surface area contributed by atoms with Crippen LogP contribution < -0.4 is 0 Å². The molecular formula is C13H18O4S. The van der Waals surface area contributed by atoms with E-state index in [0.29, 0.717) is 16.4 Å². The third-order valence-corrected chi connectivity index (χ3v) is 5.38. The molecule has 4 atom stereocenters. The molecule has 1 saturated heterocycles. The van der Waals surface area contributed by atoms with Crippen LogP contribution in [-0.4, -0.2) is 33.1 Å². The van der Waals surface area contributed by atoms with Crippen molar-refractivity contribution in [3.8, 4) is 0 Å². The Bertz CT molecular complexity index is 402. The number of hydrogen-bond acceptors (Lipinski definition) is 4. The lowest BCUT2D eigenvalue weighted by molar-refractivity contribution is -0.166.